The Kier molecular flexibility index (Phi) is 3.78. The van der Waals surface area contributed by atoms with Crippen LogP contribution in [0, 0.1) is 10.1 Å². The summed E-state index contributed by atoms with van der Waals surface area (Å²) in [5.74, 6) is 0.798. The number of nitrogens with zero attached hydrogens (tertiary/aromatic N) is 1. The zero-order valence-electron chi connectivity index (χ0n) is 9.75. The highest BCUT2D eigenvalue weighted by molar-refractivity contribution is 7.13. The van der Waals surface area contributed by atoms with Crippen LogP contribution in [0.2, 0.25) is 0 Å². The zero-order valence-corrected chi connectivity index (χ0v) is 10.6. The van der Waals surface area contributed by atoms with Gasteiger partial charge in [-0.05, 0) is 29.8 Å². The summed E-state index contributed by atoms with van der Waals surface area (Å²) in [5.41, 5.74) is 1.85. The number of rotatable bonds is 5. The van der Waals surface area contributed by atoms with E-state index in [0.717, 1.165) is 28.3 Å². The van der Waals surface area contributed by atoms with Crippen molar-refractivity contribution in [3.63, 3.8) is 0 Å². The maximum Gasteiger partial charge on any atom is 0.324 e. The summed E-state index contributed by atoms with van der Waals surface area (Å²) in [6.45, 7) is 0.566. The standard InChI is InChI=1S/C12H12N2O3S/c1-17-11-4-2-10(3-5-11)13-7-9-6-12(14(15)16)18-8-9/h2-6,8,13H,7H2,1H3. The quantitative estimate of drug-likeness (QED) is 0.665. The van der Waals surface area contributed by atoms with Gasteiger partial charge in [0, 0.05) is 23.7 Å². The fraction of sp³-hybridized carbons (Fsp3) is 0.167. The third-order valence-electron chi connectivity index (χ3n) is 2.41. The van der Waals surface area contributed by atoms with Crippen molar-refractivity contribution in [2.24, 2.45) is 0 Å². The molecule has 0 radical (unpaired) electrons. The van der Waals surface area contributed by atoms with E-state index in [1.807, 2.05) is 24.3 Å². The van der Waals surface area contributed by atoms with Crippen LogP contribution in [0.3, 0.4) is 0 Å². The summed E-state index contributed by atoms with van der Waals surface area (Å²) in [6.07, 6.45) is 0. The molecule has 1 heterocycles. The molecule has 0 aliphatic rings. The predicted molar refractivity (Wildman–Crippen MR) is 71.3 cm³/mol. The molecule has 0 atom stereocenters. The maximum absolute atomic E-state index is 10.5. The topological polar surface area (TPSA) is 64.4 Å². The monoisotopic (exact) mass is 264 g/mol. The lowest BCUT2D eigenvalue weighted by molar-refractivity contribution is -0.380. The first kappa shape index (κ1) is 12.4. The van der Waals surface area contributed by atoms with E-state index in [9.17, 15) is 10.1 Å². The van der Waals surface area contributed by atoms with E-state index in [-0.39, 0.29) is 9.92 Å². The van der Waals surface area contributed by atoms with Gasteiger partial charge in [-0.25, -0.2) is 0 Å². The third kappa shape index (κ3) is 2.98. The van der Waals surface area contributed by atoms with Crippen molar-refractivity contribution in [3.8, 4) is 5.75 Å². The molecule has 6 heteroatoms. The van der Waals surface area contributed by atoms with Crippen LogP contribution in [0.5, 0.6) is 5.75 Å². The molecule has 0 bridgehead atoms. The molecular weight excluding hydrogens is 252 g/mol. The second-order valence-electron chi connectivity index (χ2n) is 3.63. The Bertz CT molecular complexity index is 537. The summed E-state index contributed by atoms with van der Waals surface area (Å²) in [5, 5.41) is 15.7. The summed E-state index contributed by atoms with van der Waals surface area (Å²) in [6, 6.07) is 9.11. The van der Waals surface area contributed by atoms with Gasteiger partial charge < -0.3 is 10.1 Å². The Morgan fingerprint density at radius 1 is 1.39 bits per heavy atom. The smallest absolute Gasteiger partial charge is 0.324 e. The molecule has 94 valence electrons. The van der Waals surface area contributed by atoms with Gasteiger partial charge in [0.2, 0.25) is 0 Å². The van der Waals surface area contributed by atoms with Crippen LogP contribution in [0.15, 0.2) is 35.7 Å². The fourth-order valence-corrected chi connectivity index (χ4v) is 2.19. The molecule has 1 aromatic heterocycles. The van der Waals surface area contributed by atoms with Gasteiger partial charge in [0.05, 0.1) is 12.0 Å². The van der Waals surface area contributed by atoms with Crippen LogP contribution < -0.4 is 10.1 Å². The van der Waals surface area contributed by atoms with Gasteiger partial charge in [-0.15, -0.1) is 0 Å². The van der Waals surface area contributed by atoms with Crippen molar-refractivity contribution in [1.82, 2.24) is 0 Å². The molecule has 0 unspecified atom stereocenters. The second-order valence-corrected chi connectivity index (χ2v) is 4.52. The van der Waals surface area contributed by atoms with Gasteiger partial charge in [-0.2, -0.15) is 0 Å². The maximum atomic E-state index is 10.5. The Hall–Kier alpha value is -2.08. The minimum Gasteiger partial charge on any atom is -0.497 e. The molecule has 0 spiro atoms. The van der Waals surface area contributed by atoms with Crippen LogP contribution in [0.25, 0.3) is 0 Å². The third-order valence-corrected chi connectivity index (χ3v) is 3.34. The molecule has 1 aromatic carbocycles. The molecule has 0 saturated carbocycles. The molecule has 0 aliphatic heterocycles. The number of anilines is 1. The first-order chi connectivity index (χ1) is 8.69. The van der Waals surface area contributed by atoms with Crippen molar-refractivity contribution in [1.29, 1.82) is 0 Å². The van der Waals surface area contributed by atoms with E-state index in [4.69, 9.17) is 4.74 Å². The van der Waals surface area contributed by atoms with Crippen molar-refractivity contribution in [2.45, 2.75) is 6.54 Å². The predicted octanol–water partition coefficient (Wildman–Crippen LogP) is 3.28. The molecule has 0 fully saturated rings. The van der Waals surface area contributed by atoms with Crippen molar-refractivity contribution < 1.29 is 9.66 Å². The van der Waals surface area contributed by atoms with Gasteiger partial charge in [0.1, 0.15) is 5.75 Å². The molecule has 1 N–H and O–H groups in total. The number of hydrogen-bond acceptors (Lipinski definition) is 5. The number of benzene rings is 1. The summed E-state index contributed by atoms with van der Waals surface area (Å²) in [4.78, 5) is 10.2. The summed E-state index contributed by atoms with van der Waals surface area (Å²) >= 11 is 1.14. The lowest BCUT2D eigenvalue weighted by Crippen LogP contribution is -1.97. The first-order valence-electron chi connectivity index (χ1n) is 5.29. The first-order valence-corrected chi connectivity index (χ1v) is 6.17. The molecule has 2 aromatic rings. The van der Waals surface area contributed by atoms with E-state index in [1.165, 1.54) is 0 Å². The summed E-state index contributed by atoms with van der Waals surface area (Å²) in [7, 11) is 1.62. The molecule has 5 nitrogen and oxygen atoms in total. The number of hydrogen-bond donors (Lipinski definition) is 1. The van der Waals surface area contributed by atoms with Crippen LogP contribution >= 0.6 is 11.3 Å². The van der Waals surface area contributed by atoms with Crippen LogP contribution in [0.1, 0.15) is 5.56 Å². The van der Waals surface area contributed by atoms with E-state index in [2.05, 4.69) is 5.32 Å². The van der Waals surface area contributed by atoms with Crippen LogP contribution in [0.4, 0.5) is 10.7 Å². The molecule has 2 rings (SSSR count). The zero-order chi connectivity index (χ0) is 13.0. The molecular formula is C12H12N2O3S. The van der Waals surface area contributed by atoms with Crippen LogP contribution in [-0.2, 0) is 6.54 Å². The Morgan fingerprint density at radius 2 is 2.11 bits per heavy atom. The minimum absolute atomic E-state index is 0.168. The largest absolute Gasteiger partial charge is 0.497 e. The van der Waals surface area contributed by atoms with Crippen molar-refractivity contribution in [2.75, 3.05) is 12.4 Å². The highest BCUT2D eigenvalue weighted by Gasteiger charge is 2.08. The van der Waals surface area contributed by atoms with Gasteiger partial charge >= 0.3 is 5.00 Å². The lowest BCUT2D eigenvalue weighted by atomic mass is 10.3. The molecule has 0 aliphatic carbocycles. The number of ether oxygens (including phenoxy) is 1. The highest BCUT2D eigenvalue weighted by atomic mass is 32.1. The second kappa shape index (κ2) is 5.50. The van der Waals surface area contributed by atoms with Gasteiger partial charge in [0.15, 0.2) is 0 Å². The van der Waals surface area contributed by atoms with Gasteiger partial charge in [0.25, 0.3) is 0 Å². The Balaban J connectivity index is 1.95. The number of nitro groups is 1. The highest BCUT2D eigenvalue weighted by Crippen LogP contribution is 2.23. The van der Waals surface area contributed by atoms with E-state index in [1.54, 1.807) is 18.6 Å². The van der Waals surface area contributed by atoms with E-state index in [0.29, 0.717) is 6.54 Å². The van der Waals surface area contributed by atoms with Gasteiger partial charge in [-0.1, -0.05) is 11.3 Å². The molecule has 0 saturated heterocycles. The van der Waals surface area contributed by atoms with E-state index >= 15 is 0 Å². The normalized spacial score (nSPS) is 10.1. The Labute approximate surface area is 108 Å². The SMILES string of the molecule is COc1ccc(NCc2csc([N+](=O)[O-])c2)cc1. The fourth-order valence-electron chi connectivity index (χ4n) is 1.46. The number of methoxy groups -OCH3 is 1. The minimum atomic E-state index is -0.373. The summed E-state index contributed by atoms with van der Waals surface area (Å²) < 4.78 is 5.06. The lowest BCUT2D eigenvalue weighted by Gasteiger charge is -2.05. The number of nitrogens with one attached hydrogen (secondary N) is 1. The molecule has 18 heavy (non-hydrogen) atoms. The van der Waals surface area contributed by atoms with E-state index < -0.39 is 0 Å². The van der Waals surface area contributed by atoms with Gasteiger partial charge in [-0.3, -0.25) is 10.1 Å². The molecule has 0 amide bonds. The number of thiophene rings is 1. The average molecular weight is 264 g/mol. The van der Waals surface area contributed by atoms with Crippen LogP contribution in [-0.4, -0.2) is 12.0 Å². The van der Waals surface area contributed by atoms with Crippen molar-refractivity contribution in [3.05, 3.63) is 51.4 Å². The average Bonchev–Trinajstić information content (AvgIpc) is 2.86. The Morgan fingerprint density at radius 3 is 2.67 bits per heavy atom. The van der Waals surface area contributed by atoms with Crippen molar-refractivity contribution >= 4 is 22.0 Å².